The monoisotopic (exact) mass is 258 g/mol. The number of rotatable bonds is 0. The molecule has 5 heteroatoms. The molecule has 2 aliphatic rings. The average Bonchev–Trinajstić information content (AvgIpc) is 2.71. The molecule has 0 spiro atoms. The van der Waals surface area contributed by atoms with Crippen molar-refractivity contribution in [2.75, 3.05) is 11.4 Å². The van der Waals surface area contributed by atoms with Crippen LogP contribution in [0.1, 0.15) is 23.7 Å². The molecule has 19 heavy (non-hydrogen) atoms. The number of fused-ring (bicyclic) bond motifs is 2. The highest BCUT2D eigenvalue weighted by Crippen LogP contribution is 2.32. The molecule has 98 valence electrons. The Bertz CT molecular complexity index is 594. The smallest absolute Gasteiger partial charge is 0.411 e. The lowest BCUT2D eigenvalue weighted by atomic mass is 10.1. The molecular weight excluding hydrogens is 244 g/mol. The van der Waals surface area contributed by atoms with Gasteiger partial charge in [0.2, 0.25) is 0 Å². The molecule has 0 radical (unpaired) electrons. The van der Waals surface area contributed by atoms with Crippen LogP contribution in [0.3, 0.4) is 0 Å². The molecule has 0 saturated carbocycles. The van der Waals surface area contributed by atoms with E-state index in [4.69, 9.17) is 0 Å². The van der Waals surface area contributed by atoms with Gasteiger partial charge in [0, 0.05) is 6.20 Å². The third-order valence-electron chi connectivity index (χ3n) is 3.59. The highest BCUT2D eigenvalue weighted by atomic mass is 16.4. The minimum atomic E-state index is -1.02. The van der Waals surface area contributed by atoms with Gasteiger partial charge < -0.3 is 10.0 Å². The summed E-state index contributed by atoms with van der Waals surface area (Å²) >= 11 is 0. The van der Waals surface area contributed by atoms with Crippen LogP contribution in [0.25, 0.3) is 0 Å². The van der Waals surface area contributed by atoms with Crippen molar-refractivity contribution in [2.24, 2.45) is 0 Å². The van der Waals surface area contributed by atoms with Crippen LogP contribution in [-0.4, -0.2) is 34.6 Å². The van der Waals surface area contributed by atoms with Crippen LogP contribution in [0.2, 0.25) is 0 Å². The van der Waals surface area contributed by atoms with E-state index in [0.29, 0.717) is 17.8 Å². The van der Waals surface area contributed by atoms with Gasteiger partial charge in [0.1, 0.15) is 0 Å². The van der Waals surface area contributed by atoms with E-state index in [-0.39, 0.29) is 11.9 Å². The summed E-state index contributed by atoms with van der Waals surface area (Å²) in [5.41, 5.74) is 2.02. The largest absolute Gasteiger partial charge is 0.465 e. The van der Waals surface area contributed by atoms with E-state index in [1.807, 2.05) is 13.1 Å². The second-order valence-corrected chi connectivity index (χ2v) is 4.96. The van der Waals surface area contributed by atoms with Crippen LogP contribution >= 0.6 is 0 Å². The van der Waals surface area contributed by atoms with Gasteiger partial charge in [-0.15, -0.1) is 0 Å². The zero-order valence-corrected chi connectivity index (χ0v) is 10.5. The second kappa shape index (κ2) is 4.12. The number of hydrogen-bond acceptors (Lipinski definition) is 2. The molecular formula is C14H14N2O3. The van der Waals surface area contributed by atoms with Gasteiger partial charge in [-0.2, -0.15) is 0 Å². The van der Waals surface area contributed by atoms with Crippen molar-refractivity contribution < 1.29 is 14.7 Å². The Labute approximate surface area is 110 Å². The van der Waals surface area contributed by atoms with Crippen LogP contribution in [0.4, 0.5) is 10.5 Å². The van der Waals surface area contributed by atoms with E-state index in [0.717, 1.165) is 12.0 Å². The minimum Gasteiger partial charge on any atom is -0.465 e. The van der Waals surface area contributed by atoms with Gasteiger partial charge in [-0.05, 0) is 25.5 Å². The molecule has 0 bridgehead atoms. The van der Waals surface area contributed by atoms with Crippen LogP contribution in [0.15, 0.2) is 36.0 Å². The quantitative estimate of drug-likeness (QED) is 0.776. The van der Waals surface area contributed by atoms with Gasteiger partial charge in [0.15, 0.2) is 0 Å². The lowest BCUT2D eigenvalue weighted by Crippen LogP contribution is -2.40. The molecule has 1 aromatic carbocycles. The van der Waals surface area contributed by atoms with E-state index < -0.39 is 6.09 Å². The summed E-state index contributed by atoms with van der Waals surface area (Å²) < 4.78 is 0. The number of hydrogen-bond donors (Lipinski definition) is 1. The van der Waals surface area contributed by atoms with Crippen LogP contribution < -0.4 is 4.90 Å². The number of nitrogens with zero attached hydrogens (tertiary/aromatic N) is 2. The first kappa shape index (κ1) is 11.8. The maximum absolute atomic E-state index is 12.5. The molecule has 3 rings (SSSR count). The number of amides is 2. The maximum atomic E-state index is 12.5. The topological polar surface area (TPSA) is 60.9 Å². The minimum absolute atomic E-state index is 0.101. The van der Waals surface area contributed by atoms with E-state index in [2.05, 4.69) is 0 Å². The third kappa shape index (κ3) is 1.78. The van der Waals surface area contributed by atoms with Gasteiger partial charge >= 0.3 is 6.09 Å². The van der Waals surface area contributed by atoms with Crippen molar-refractivity contribution in [2.45, 2.75) is 19.4 Å². The first-order valence-electron chi connectivity index (χ1n) is 6.17. The first-order valence-corrected chi connectivity index (χ1v) is 6.17. The van der Waals surface area contributed by atoms with Gasteiger partial charge in [-0.1, -0.05) is 17.7 Å². The van der Waals surface area contributed by atoms with Crippen molar-refractivity contribution in [1.82, 2.24) is 4.90 Å². The fraction of sp³-hybridized carbons (Fsp3) is 0.286. The number of para-hydroxylation sites is 1. The molecule has 2 aliphatic heterocycles. The molecule has 2 heterocycles. The Balaban J connectivity index is 2.13. The Morgan fingerprint density at radius 2 is 2.11 bits per heavy atom. The molecule has 2 amide bonds. The second-order valence-electron chi connectivity index (χ2n) is 4.96. The van der Waals surface area contributed by atoms with Crippen LogP contribution in [-0.2, 0) is 0 Å². The van der Waals surface area contributed by atoms with Crippen LogP contribution in [0, 0.1) is 0 Å². The highest BCUT2D eigenvalue weighted by Gasteiger charge is 2.37. The van der Waals surface area contributed by atoms with Crippen molar-refractivity contribution in [1.29, 1.82) is 0 Å². The summed E-state index contributed by atoms with van der Waals surface area (Å²) in [6.45, 7) is 2.27. The van der Waals surface area contributed by atoms with Crippen molar-refractivity contribution in [3.05, 3.63) is 41.6 Å². The molecule has 5 nitrogen and oxygen atoms in total. The van der Waals surface area contributed by atoms with Crippen molar-refractivity contribution in [3.63, 3.8) is 0 Å². The first-order chi connectivity index (χ1) is 9.08. The Morgan fingerprint density at radius 3 is 2.84 bits per heavy atom. The average molecular weight is 258 g/mol. The van der Waals surface area contributed by atoms with Gasteiger partial charge in [0.25, 0.3) is 5.91 Å². The lowest BCUT2D eigenvalue weighted by molar-refractivity contribution is 0.0794. The standard InChI is InChI=1S/C14H14N2O3/c1-9-6-10-8-16(14(18)19)12-5-3-2-4-11(12)13(17)15(10)7-9/h2-5,7,10H,6,8H2,1H3,(H,18,19). The molecule has 1 N–H and O–H groups in total. The SMILES string of the molecule is CC1=CN2C(=O)c3ccccc3N(C(=O)O)CC2C1. The number of benzene rings is 1. The predicted octanol–water partition coefficient (Wildman–Crippen LogP) is 2.30. The fourth-order valence-electron chi connectivity index (χ4n) is 2.76. The van der Waals surface area contributed by atoms with E-state index in [1.54, 1.807) is 29.2 Å². The number of carboxylic acid groups (broad SMARTS) is 1. The normalized spacial score (nSPS) is 21.6. The Kier molecular flexibility index (Phi) is 2.55. The summed E-state index contributed by atoms with van der Waals surface area (Å²) in [4.78, 5) is 26.9. The molecule has 1 unspecified atom stereocenters. The molecule has 0 saturated heterocycles. The molecule has 0 aromatic heterocycles. The van der Waals surface area contributed by atoms with E-state index in [1.165, 1.54) is 4.90 Å². The summed E-state index contributed by atoms with van der Waals surface area (Å²) in [5.74, 6) is -0.124. The lowest BCUT2D eigenvalue weighted by Gasteiger charge is -2.23. The van der Waals surface area contributed by atoms with Crippen LogP contribution in [0.5, 0.6) is 0 Å². The number of carbonyl (C=O) groups is 2. The predicted molar refractivity (Wildman–Crippen MR) is 70.1 cm³/mol. The summed E-state index contributed by atoms with van der Waals surface area (Å²) in [6, 6.07) is 6.76. The van der Waals surface area contributed by atoms with Gasteiger partial charge in [-0.3, -0.25) is 9.69 Å². The summed E-state index contributed by atoms with van der Waals surface area (Å²) in [6.07, 6.45) is 1.53. The van der Waals surface area contributed by atoms with E-state index >= 15 is 0 Å². The van der Waals surface area contributed by atoms with Crippen molar-refractivity contribution >= 4 is 17.7 Å². The zero-order valence-electron chi connectivity index (χ0n) is 10.5. The fourth-order valence-corrected chi connectivity index (χ4v) is 2.76. The number of carbonyl (C=O) groups excluding carboxylic acids is 1. The molecule has 1 aromatic rings. The summed E-state index contributed by atoms with van der Waals surface area (Å²) in [7, 11) is 0. The summed E-state index contributed by atoms with van der Waals surface area (Å²) in [5, 5.41) is 9.36. The third-order valence-corrected chi connectivity index (χ3v) is 3.59. The van der Waals surface area contributed by atoms with Crippen molar-refractivity contribution in [3.8, 4) is 0 Å². The molecule has 0 aliphatic carbocycles. The molecule has 0 fully saturated rings. The van der Waals surface area contributed by atoms with E-state index in [9.17, 15) is 14.7 Å². The van der Waals surface area contributed by atoms with Gasteiger partial charge in [0.05, 0.1) is 23.8 Å². The zero-order chi connectivity index (χ0) is 13.6. The Hall–Kier alpha value is -2.30. The van der Waals surface area contributed by atoms with Gasteiger partial charge in [-0.25, -0.2) is 4.79 Å². The Morgan fingerprint density at radius 1 is 1.37 bits per heavy atom. The molecule has 1 atom stereocenters. The maximum Gasteiger partial charge on any atom is 0.411 e. The number of anilines is 1. The highest BCUT2D eigenvalue weighted by molar-refractivity contribution is 6.05.